The van der Waals surface area contributed by atoms with Crippen molar-refractivity contribution in [2.75, 3.05) is 13.2 Å². The van der Waals surface area contributed by atoms with Gasteiger partial charge in [-0.25, -0.2) is 0 Å². The van der Waals surface area contributed by atoms with Crippen LogP contribution in [0.1, 0.15) is 13.8 Å². The number of aliphatic hydroxyl groups is 8. The van der Waals surface area contributed by atoms with Crippen molar-refractivity contribution in [3.63, 3.8) is 0 Å². The van der Waals surface area contributed by atoms with Crippen molar-refractivity contribution in [3.05, 3.63) is 0 Å². The Morgan fingerprint density at radius 1 is 0.630 bits per heavy atom. The molecule has 2 aliphatic heterocycles. The molecule has 2 saturated heterocycles. The minimum absolute atomic E-state index is 0.640. The summed E-state index contributed by atoms with van der Waals surface area (Å²) in [5.41, 5.74) is 0. The molecule has 0 aromatic heterocycles. The summed E-state index contributed by atoms with van der Waals surface area (Å²) in [6.07, 6.45) is -15.1. The fourth-order valence-electron chi connectivity index (χ4n) is 2.92. The standard InChI is InChI=1S/C15H28O12/c1-15(2,26-13-11(22)9(20)7(18)5(3-16)24-13)27-14-12(23)10(21)8(19)6(4-17)25-14/h5-14,16-23H,3-4H2,1-2H3/t5-,6-,7-,8-,9+,10+,11-,12-,13-,14-/m1/s1. The van der Waals surface area contributed by atoms with Gasteiger partial charge in [-0.2, -0.15) is 0 Å². The third kappa shape index (κ3) is 4.93. The highest BCUT2D eigenvalue weighted by molar-refractivity contribution is 4.91. The number of rotatable bonds is 6. The molecule has 0 amide bonds. The van der Waals surface area contributed by atoms with E-state index in [1.807, 2.05) is 0 Å². The minimum Gasteiger partial charge on any atom is -0.394 e. The summed E-state index contributed by atoms with van der Waals surface area (Å²) in [4.78, 5) is 0. The Morgan fingerprint density at radius 2 is 0.963 bits per heavy atom. The van der Waals surface area contributed by atoms with Gasteiger partial charge in [0.25, 0.3) is 0 Å². The van der Waals surface area contributed by atoms with Crippen molar-refractivity contribution in [1.82, 2.24) is 0 Å². The Hall–Kier alpha value is -0.480. The van der Waals surface area contributed by atoms with Crippen molar-refractivity contribution in [3.8, 4) is 0 Å². The average molecular weight is 400 g/mol. The number of aliphatic hydroxyl groups excluding tert-OH is 8. The van der Waals surface area contributed by atoms with Gasteiger partial charge >= 0.3 is 0 Å². The maximum atomic E-state index is 10.0. The second kappa shape index (κ2) is 8.90. The third-order valence-electron chi connectivity index (χ3n) is 4.50. The van der Waals surface area contributed by atoms with E-state index in [0.29, 0.717) is 0 Å². The van der Waals surface area contributed by atoms with Crippen molar-refractivity contribution in [1.29, 1.82) is 0 Å². The van der Waals surface area contributed by atoms with Gasteiger partial charge in [0.1, 0.15) is 48.8 Å². The van der Waals surface area contributed by atoms with E-state index in [2.05, 4.69) is 0 Å². The van der Waals surface area contributed by atoms with E-state index in [4.69, 9.17) is 18.9 Å². The van der Waals surface area contributed by atoms with Gasteiger partial charge < -0.3 is 59.8 Å². The van der Waals surface area contributed by atoms with Crippen LogP contribution < -0.4 is 0 Å². The lowest BCUT2D eigenvalue weighted by molar-refractivity contribution is -0.405. The Morgan fingerprint density at radius 3 is 1.26 bits per heavy atom. The molecule has 12 nitrogen and oxygen atoms in total. The van der Waals surface area contributed by atoms with Crippen LogP contribution in [0.5, 0.6) is 0 Å². The van der Waals surface area contributed by atoms with Gasteiger partial charge in [-0.1, -0.05) is 0 Å². The van der Waals surface area contributed by atoms with Crippen LogP contribution in [0.4, 0.5) is 0 Å². The fourth-order valence-corrected chi connectivity index (χ4v) is 2.92. The third-order valence-corrected chi connectivity index (χ3v) is 4.50. The van der Waals surface area contributed by atoms with Crippen LogP contribution >= 0.6 is 0 Å². The van der Waals surface area contributed by atoms with Crippen LogP contribution in [-0.2, 0) is 18.9 Å². The molecule has 8 N–H and O–H groups in total. The van der Waals surface area contributed by atoms with Crippen LogP contribution in [-0.4, -0.2) is 121 Å². The normalized spacial score (nSPS) is 46.4. The van der Waals surface area contributed by atoms with Crippen molar-refractivity contribution in [2.24, 2.45) is 0 Å². The highest BCUT2D eigenvalue weighted by atomic mass is 16.8. The zero-order chi connectivity index (χ0) is 20.5. The molecule has 2 aliphatic rings. The molecule has 160 valence electrons. The van der Waals surface area contributed by atoms with Crippen molar-refractivity contribution >= 4 is 0 Å². The predicted molar refractivity (Wildman–Crippen MR) is 83.8 cm³/mol. The molecular weight excluding hydrogens is 372 g/mol. The first-order valence-electron chi connectivity index (χ1n) is 8.49. The minimum atomic E-state index is -1.67. The van der Waals surface area contributed by atoms with Gasteiger partial charge in [-0.05, 0) is 13.8 Å². The summed E-state index contributed by atoms with van der Waals surface area (Å²) >= 11 is 0. The molecule has 12 heteroatoms. The Bertz CT molecular complexity index is 432. The number of ether oxygens (including phenoxy) is 4. The second-order valence-electron chi connectivity index (χ2n) is 7.03. The molecule has 0 unspecified atom stereocenters. The number of hydrogen-bond acceptors (Lipinski definition) is 12. The largest absolute Gasteiger partial charge is 0.394 e. The van der Waals surface area contributed by atoms with Gasteiger partial charge in [-0.3, -0.25) is 0 Å². The van der Waals surface area contributed by atoms with Crippen LogP contribution in [0.25, 0.3) is 0 Å². The van der Waals surface area contributed by atoms with Crippen molar-refractivity contribution < 1.29 is 59.8 Å². The molecule has 0 spiro atoms. The van der Waals surface area contributed by atoms with E-state index >= 15 is 0 Å². The zero-order valence-corrected chi connectivity index (χ0v) is 14.9. The van der Waals surface area contributed by atoms with E-state index in [1.54, 1.807) is 0 Å². The van der Waals surface area contributed by atoms with Gasteiger partial charge in [0.15, 0.2) is 18.4 Å². The van der Waals surface area contributed by atoms with E-state index in [9.17, 15) is 40.9 Å². The summed E-state index contributed by atoms with van der Waals surface area (Å²) in [5.74, 6) is -1.62. The predicted octanol–water partition coefficient (Wildman–Crippen LogP) is -4.64. The van der Waals surface area contributed by atoms with E-state index in [1.165, 1.54) is 13.8 Å². The first kappa shape index (κ1) is 22.8. The molecule has 0 aromatic carbocycles. The summed E-state index contributed by atoms with van der Waals surface area (Å²) in [6.45, 7) is 1.43. The van der Waals surface area contributed by atoms with Crippen LogP contribution in [0.3, 0.4) is 0 Å². The van der Waals surface area contributed by atoms with E-state index < -0.39 is 80.4 Å². The topological polar surface area (TPSA) is 199 Å². The maximum absolute atomic E-state index is 10.0. The average Bonchev–Trinajstić information content (AvgIpc) is 2.62. The lowest BCUT2D eigenvalue weighted by atomic mass is 9.99. The smallest absolute Gasteiger partial charge is 0.189 e. The summed E-state index contributed by atoms with van der Waals surface area (Å²) in [7, 11) is 0. The lowest BCUT2D eigenvalue weighted by Crippen LogP contribution is -2.62. The molecule has 27 heavy (non-hydrogen) atoms. The number of hydrogen-bond donors (Lipinski definition) is 8. The van der Waals surface area contributed by atoms with Crippen molar-refractivity contribution in [2.45, 2.75) is 81.0 Å². The maximum Gasteiger partial charge on any atom is 0.189 e. The Balaban J connectivity index is 2.05. The van der Waals surface area contributed by atoms with Crippen LogP contribution in [0.2, 0.25) is 0 Å². The quantitative estimate of drug-likeness (QED) is 0.199. The van der Waals surface area contributed by atoms with E-state index in [0.717, 1.165) is 0 Å². The highest BCUT2D eigenvalue weighted by Crippen LogP contribution is 2.30. The summed E-state index contributed by atoms with van der Waals surface area (Å²) in [5, 5.41) is 77.5. The van der Waals surface area contributed by atoms with Gasteiger partial charge in [-0.15, -0.1) is 0 Å². The monoisotopic (exact) mass is 400 g/mol. The molecule has 0 radical (unpaired) electrons. The first-order chi connectivity index (χ1) is 12.5. The second-order valence-corrected chi connectivity index (χ2v) is 7.03. The molecule has 2 rings (SSSR count). The first-order valence-corrected chi connectivity index (χ1v) is 8.49. The molecule has 0 aromatic rings. The molecule has 0 bridgehead atoms. The fraction of sp³-hybridized carbons (Fsp3) is 1.00. The Kier molecular flexibility index (Phi) is 7.52. The molecule has 2 fully saturated rings. The zero-order valence-electron chi connectivity index (χ0n) is 14.9. The molecule has 0 aliphatic carbocycles. The molecule has 10 atom stereocenters. The van der Waals surface area contributed by atoms with Crippen LogP contribution in [0.15, 0.2) is 0 Å². The highest BCUT2D eigenvalue weighted by Gasteiger charge is 2.49. The SMILES string of the molecule is CC(C)(O[C@H]1O[C@H](CO)[C@@H](O)[C@H](O)[C@H]1O)O[C@H]1O[C@H](CO)[C@@H](O)[C@H](O)[C@H]1O. The summed E-state index contributed by atoms with van der Waals surface area (Å²) < 4.78 is 21.3. The Labute approximate surface area is 155 Å². The summed E-state index contributed by atoms with van der Waals surface area (Å²) in [6, 6.07) is 0. The molecular formula is C15H28O12. The molecule has 2 heterocycles. The molecule has 0 saturated carbocycles. The van der Waals surface area contributed by atoms with Crippen LogP contribution in [0, 0.1) is 0 Å². The van der Waals surface area contributed by atoms with Gasteiger partial charge in [0, 0.05) is 0 Å². The van der Waals surface area contributed by atoms with Gasteiger partial charge in [0.05, 0.1) is 13.2 Å². The lowest BCUT2D eigenvalue weighted by Gasteiger charge is -2.45. The van der Waals surface area contributed by atoms with Gasteiger partial charge in [0.2, 0.25) is 0 Å². The van der Waals surface area contributed by atoms with E-state index in [-0.39, 0.29) is 0 Å².